The standard InChI is InChI=1S/C15H16N4O4/c1-16-13(22)17-11(20)8-19-12(21)15(18-14(19)23)7-6-9-4-2-3-5-10(9)15/h2-5H,6-8H2,1H3,(H,18,23)(H2,16,17,20,22)/t15-/m0/s1. The summed E-state index contributed by atoms with van der Waals surface area (Å²) in [4.78, 5) is 48.7. The molecule has 0 aromatic heterocycles. The second-order valence-corrected chi connectivity index (χ2v) is 5.51. The van der Waals surface area contributed by atoms with Crippen molar-refractivity contribution in [2.45, 2.75) is 18.4 Å². The van der Waals surface area contributed by atoms with E-state index in [0.29, 0.717) is 12.8 Å². The molecule has 1 aromatic rings. The smallest absolute Gasteiger partial charge is 0.325 e. The van der Waals surface area contributed by atoms with Crippen molar-refractivity contribution < 1.29 is 19.2 Å². The maximum atomic E-state index is 12.8. The van der Waals surface area contributed by atoms with E-state index in [1.54, 1.807) is 0 Å². The molecule has 2 aliphatic rings. The molecule has 0 radical (unpaired) electrons. The van der Waals surface area contributed by atoms with Crippen molar-refractivity contribution in [3.05, 3.63) is 35.4 Å². The molecule has 1 aliphatic heterocycles. The van der Waals surface area contributed by atoms with E-state index in [4.69, 9.17) is 0 Å². The number of urea groups is 2. The second kappa shape index (κ2) is 5.38. The van der Waals surface area contributed by atoms with Crippen molar-refractivity contribution in [3.63, 3.8) is 0 Å². The largest absolute Gasteiger partial charge is 0.341 e. The van der Waals surface area contributed by atoms with Crippen molar-refractivity contribution in [1.82, 2.24) is 20.9 Å². The van der Waals surface area contributed by atoms with Crippen LogP contribution in [0.2, 0.25) is 0 Å². The summed E-state index contributed by atoms with van der Waals surface area (Å²) >= 11 is 0. The van der Waals surface area contributed by atoms with E-state index >= 15 is 0 Å². The molecule has 1 atom stereocenters. The highest BCUT2D eigenvalue weighted by Crippen LogP contribution is 2.41. The van der Waals surface area contributed by atoms with Crippen molar-refractivity contribution in [3.8, 4) is 0 Å². The fourth-order valence-corrected chi connectivity index (χ4v) is 3.11. The number of nitrogens with one attached hydrogen (secondary N) is 3. The summed E-state index contributed by atoms with van der Waals surface area (Å²) in [6.07, 6.45) is 1.14. The number of benzene rings is 1. The number of amides is 6. The molecule has 1 aliphatic carbocycles. The predicted octanol–water partition coefficient (Wildman–Crippen LogP) is -0.164. The van der Waals surface area contributed by atoms with Crippen LogP contribution < -0.4 is 16.0 Å². The first-order chi connectivity index (χ1) is 11.0. The Morgan fingerprint density at radius 2 is 2.04 bits per heavy atom. The summed E-state index contributed by atoms with van der Waals surface area (Å²) in [5, 5.41) is 6.98. The van der Waals surface area contributed by atoms with Gasteiger partial charge in [0.2, 0.25) is 5.91 Å². The van der Waals surface area contributed by atoms with E-state index in [0.717, 1.165) is 16.0 Å². The average Bonchev–Trinajstić information content (AvgIpc) is 3.02. The van der Waals surface area contributed by atoms with Crippen LogP contribution >= 0.6 is 0 Å². The summed E-state index contributed by atoms with van der Waals surface area (Å²) in [7, 11) is 1.36. The minimum atomic E-state index is -1.10. The molecule has 3 rings (SSSR count). The zero-order valence-electron chi connectivity index (χ0n) is 12.5. The molecule has 1 spiro atoms. The highest BCUT2D eigenvalue weighted by molar-refractivity contribution is 6.10. The lowest BCUT2D eigenvalue weighted by Crippen LogP contribution is -2.46. The first-order valence-electron chi connectivity index (χ1n) is 7.22. The van der Waals surface area contributed by atoms with E-state index in [9.17, 15) is 19.2 Å². The summed E-state index contributed by atoms with van der Waals surface area (Å²) in [6.45, 7) is -0.498. The SMILES string of the molecule is CNC(=O)NC(=O)CN1C(=O)N[C@]2(CCc3ccccc32)C1=O. The lowest BCUT2D eigenvalue weighted by atomic mass is 9.92. The normalized spacial score (nSPS) is 22.0. The van der Waals surface area contributed by atoms with Crippen LogP contribution in [0.15, 0.2) is 24.3 Å². The third kappa shape index (κ3) is 2.32. The number of carbonyl (C=O) groups is 4. The van der Waals surface area contributed by atoms with Gasteiger partial charge in [-0.3, -0.25) is 19.8 Å². The Morgan fingerprint density at radius 1 is 1.30 bits per heavy atom. The number of imide groups is 2. The number of hydrogen-bond donors (Lipinski definition) is 3. The Morgan fingerprint density at radius 3 is 2.78 bits per heavy atom. The van der Waals surface area contributed by atoms with E-state index in [1.807, 2.05) is 29.6 Å². The summed E-state index contributed by atoms with van der Waals surface area (Å²) in [6, 6.07) is 6.11. The van der Waals surface area contributed by atoms with Gasteiger partial charge in [0.05, 0.1) is 0 Å². The third-order valence-corrected chi connectivity index (χ3v) is 4.20. The summed E-state index contributed by atoms with van der Waals surface area (Å²) in [5.41, 5.74) is 0.686. The van der Waals surface area contributed by atoms with Gasteiger partial charge >= 0.3 is 12.1 Å². The van der Waals surface area contributed by atoms with Gasteiger partial charge in [-0.15, -0.1) is 0 Å². The molecule has 0 bridgehead atoms. The molecule has 8 heteroatoms. The Hall–Kier alpha value is -2.90. The zero-order chi connectivity index (χ0) is 16.6. The fraction of sp³-hybridized carbons (Fsp3) is 0.333. The molecular formula is C15H16N4O4. The molecule has 8 nitrogen and oxygen atoms in total. The minimum absolute atomic E-state index is 0.459. The first-order valence-corrected chi connectivity index (χ1v) is 7.22. The lowest BCUT2D eigenvalue weighted by Gasteiger charge is -2.22. The maximum Gasteiger partial charge on any atom is 0.325 e. The number of aryl methyl sites for hydroxylation is 1. The summed E-state index contributed by atoms with van der Waals surface area (Å²) < 4.78 is 0. The van der Waals surface area contributed by atoms with Crippen molar-refractivity contribution in [2.24, 2.45) is 0 Å². The van der Waals surface area contributed by atoms with E-state index < -0.39 is 36.0 Å². The van der Waals surface area contributed by atoms with Gasteiger partial charge in [-0.25, -0.2) is 9.59 Å². The third-order valence-electron chi connectivity index (χ3n) is 4.20. The molecule has 1 fully saturated rings. The predicted molar refractivity (Wildman–Crippen MR) is 79.3 cm³/mol. The second-order valence-electron chi connectivity index (χ2n) is 5.51. The number of nitrogens with zero attached hydrogens (tertiary/aromatic N) is 1. The molecule has 120 valence electrons. The number of rotatable bonds is 2. The van der Waals surface area contributed by atoms with Gasteiger partial charge in [0.15, 0.2) is 0 Å². The van der Waals surface area contributed by atoms with Crippen LogP contribution in [-0.4, -0.2) is 42.4 Å². The topological polar surface area (TPSA) is 108 Å². The highest BCUT2D eigenvalue weighted by Gasteiger charge is 2.55. The van der Waals surface area contributed by atoms with Crippen molar-refractivity contribution >= 4 is 23.9 Å². The van der Waals surface area contributed by atoms with E-state index in [-0.39, 0.29) is 0 Å². The molecule has 6 amide bonds. The fourth-order valence-electron chi connectivity index (χ4n) is 3.11. The van der Waals surface area contributed by atoms with Crippen LogP contribution in [0.1, 0.15) is 17.5 Å². The Balaban J connectivity index is 1.82. The molecule has 0 saturated carbocycles. The molecule has 1 aromatic carbocycles. The van der Waals surface area contributed by atoms with Crippen LogP contribution in [0, 0.1) is 0 Å². The van der Waals surface area contributed by atoms with Gasteiger partial charge in [0, 0.05) is 7.05 Å². The number of fused-ring (bicyclic) bond motifs is 2. The summed E-state index contributed by atoms with van der Waals surface area (Å²) in [5.74, 6) is -1.18. The molecule has 23 heavy (non-hydrogen) atoms. The van der Waals surface area contributed by atoms with Gasteiger partial charge in [-0.2, -0.15) is 0 Å². The minimum Gasteiger partial charge on any atom is -0.341 e. The molecule has 1 saturated heterocycles. The Kier molecular flexibility index (Phi) is 3.51. The van der Waals surface area contributed by atoms with Gasteiger partial charge in [0.1, 0.15) is 12.1 Å². The van der Waals surface area contributed by atoms with Crippen LogP contribution in [0.4, 0.5) is 9.59 Å². The van der Waals surface area contributed by atoms with Gasteiger partial charge in [-0.1, -0.05) is 24.3 Å². The van der Waals surface area contributed by atoms with Crippen molar-refractivity contribution in [2.75, 3.05) is 13.6 Å². The van der Waals surface area contributed by atoms with Crippen LogP contribution in [0.3, 0.4) is 0 Å². The molecular weight excluding hydrogens is 300 g/mol. The molecule has 0 unspecified atom stereocenters. The number of hydrogen-bond acceptors (Lipinski definition) is 4. The maximum absolute atomic E-state index is 12.8. The van der Waals surface area contributed by atoms with Gasteiger partial charge < -0.3 is 10.6 Å². The average molecular weight is 316 g/mol. The first kappa shape index (κ1) is 15.0. The van der Waals surface area contributed by atoms with Gasteiger partial charge in [-0.05, 0) is 24.0 Å². The van der Waals surface area contributed by atoms with Crippen LogP contribution in [0.5, 0.6) is 0 Å². The quantitative estimate of drug-likeness (QED) is 0.659. The Labute approximate surface area is 132 Å². The van der Waals surface area contributed by atoms with Crippen LogP contribution in [-0.2, 0) is 21.5 Å². The van der Waals surface area contributed by atoms with Gasteiger partial charge in [0.25, 0.3) is 5.91 Å². The van der Waals surface area contributed by atoms with E-state index in [1.165, 1.54) is 7.05 Å². The zero-order valence-corrected chi connectivity index (χ0v) is 12.5. The highest BCUT2D eigenvalue weighted by atomic mass is 16.2. The lowest BCUT2D eigenvalue weighted by molar-refractivity contribution is -0.135. The monoisotopic (exact) mass is 316 g/mol. The molecule has 1 heterocycles. The number of carbonyl (C=O) groups excluding carboxylic acids is 4. The molecule has 3 N–H and O–H groups in total. The van der Waals surface area contributed by atoms with Crippen LogP contribution in [0.25, 0.3) is 0 Å². The Bertz CT molecular complexity index is 717. The van der Waals surface area contributed by atoms with Crippen molar-refractivity contribution in [1.29, 1.82) is 0 Å². The van der Waals surface area contributed by atoms with E-state index in [2.05, 4.69) is 10.6 Å².